The van der Waals surface area contributed by atoms with Crippen LogP contribution in [0.4, 0.5) is 0 Å². The minimum absolute atomic E-state index is 0.119. The average molecular weight is 405 g/mol. The molecule has 5 nitrogen and oxygen atoms in total. The number of halogens is 1. The van der Waals surface area contributed by atoms with Gasteiger partial charge in [-0.25, -0.2) is 0 Å². The maximum Gasteiger partial charge on any atom is 0.286 e. The summed E-state index contributed by atoms with van der Waals surface area (Å²) in [6.45, 7) is 5.34. The monoisotopic (exact) mass is 404 g/mol. The molecule has 3 aromatic rings. The zero-order valence-electron chi connectivity index (χ0n) is 15.3. The third-order valence-corrected chi connectivity index (χ3v) is 5.10. The molecule has 1 aromatic heterocycles. The van der Waals surface area contributed by atoms with Crippen LogP contribution in [0.1, 0.15) is 20.3 Å². The number of rotatable bonds is 7. The summed E-state index contributed by atoms with van der Waals surface area (Å²) in [5.74, 6) is 1.08. The molecule has 0 N–H and O–H groups in total. The van der Waals surface area contributed by atoms with Crippen molar-refractivity contribution in [3.8, 4) is 11.5 Å². The molecular formula is C20H21ClN2O3S. The number of hydrogen-bond donors (Lipinski definition) is 0. The smallest absolute Gasteiger partial charge is 0.286 e. The van der Waals surface area contributed by atoms with Gasteiger partial charge < -0.3 is 14.0 Å². The fraction of sp³-hybridized carbons (Fsp3) is 0.300. The van der Waals surface area contributed by atoms with Crippen LogP contribution in [0.3, 0.4) is 0 Å². The van der Waals surface area contributed by atoms with Gasteiger partial charge in [-0.1, -0.05) is 29.9 Å². The number of fused-ring (bicyclic) bond motifs is 1. The Hall–Kier alpha value is -2.31. The number of amides is 1. The van der Waals surface area contributed by atoms with E-state index in [1.165, 1.54) is 11.3 Å². The lowest BCUT2D eigenvalue weighted by molar-refractivity contribution is -0.120. The maximum atomic E-state index is 12.3. The van der Waals surface area contributed by atoms with E-state index >= 15 is 0 Å². The van der Waals surface area contributed by atoms with Crippen molar-refractivity contribution < 1.29 is 14.3 Å². The van der Waals surface area contributed by atoms with Crippen molar-refractivity contribution in [3.63, 3.8) is 0 Å². The van der Waals surface area contributed by atoms with Crippen LogP contribution >= 0.6 is 22.9 Å². The van der Waals surface area contributed by atoms with Gasteiger partial charge >= 0.3 is 0 Å². The molecule has 27 heavy (non-hydrogen) atoms. The zero-order chi connectivity index (χ0) is 19.2. The summed E-state index contributed by atoms with van der Waals surface area (Å²) in [6.07, 6.45) is 0.946. The Morgan fingerprint density at radius 3 is 2.56 bits per heavy atom. The fourth-order valence-electron chi connectivity index (χ4n) is 2.65. The molecule has 0 aliphatic heterocycles. The molecule has 0 fully saturated rings. The molecule has 0 bridgehead atoms. The van der Waals surface area contributed by atoms with Crippen molar-refractivity contribution in [2.75, 3.05) is 13.2 Å². The highest BCUT2D eigenvalue weighted by Crippen LogP contribution is 2.23. The Balaban J connectivity index is 1.85. The first-order valence-electron chi connectivity index (χ1n) is 8.82. The Kier molecular flexibility index (Phi) is 6.53. The molecule has 0 radical (unpaired) electrons. The highest BCUT2D eigenvalue weighted by atomic mass is 35.5. The molecule has 0 saturated heterocycles. The zero-order valence-corrected chi connectivity index (χ0v) is 16.8. The van der Waals surface area contributed by atoms with E-state index in [1.807, 2.05) is 25.1 Å². The van der Waals surface area contributed by atoms with E-state index in [0.717, 1.165) is 28.9 Å². The van der Waals surface area contributed by atoms with Crippen molar-refractivity contribution in [2.24, 2.45) is 4.99 Å². The molecule has 0 spiro atoms. The number of aryl methyl sites for hydroxylation is 1. The number of aromatic nitrogens is 1. The van der Waals surface area contributed by atoms with Gasteiger partial charge in [-0.05, 0) is 55.8 Å². The summed E-state index contributed by atoms with van der Waals surface area (Å²) in [6, 6.07) is 12.8. The molecule has 1 heterocycles. The van der Waals surface area contributed by atoms with Gasteiger partial charge in [0.05, 0.1) is 16.8 Å². The Labute approximate surface area is 166 Å². The summed E-state index contributed by atoms with van der Waals surface area (Å²) < 4.78 is 14.2. The van der Waals surface area contributed by atoms with Crippen molar-refractivity contribution in [3.05, 3.63) is 52.3 Å². The molecule has 7 heteroatoms. The largest absolute Gasteiger partial charge is 0.494 e. The summed E-state index contributed by atoms with van der Waals surface area (Å²) in [4.78, 5) is 17.3. The average Bonchev–Trinajstić information content (AvgIpc) is 2.98. The predicted octanol–water partition coefficient (Wildman–Crippen LogP) is 4.67. The molecule has 0 aliphatic rings. The predicted molar refractivity (Wildman–Crippen MR) is 109 cm³/mol. The van der Waals surface area contributed by atoms with E-state index in [-0.39, 0.29) is 12.5 Å². The number of nitrogens with zero attached hydrogens (tertiary/aromatic N) is 2. The van der Waals surface area contributed by atoms with Gasteiger partial charge in [-0.15, -0.1) is 0 Å². The van der Waals surface area contributed by atoms with Gasteiger partial charge in [0, 0.05) is 11.6 Å². The van der Waals surface area contributed by atoms with Crippen LogP contribution in [0, 0.1) is 0 Å². The van der Waals surface area contributed by atoms with E-state index in [4.69, 9.17) is 21.1 Å². The van der Waals surface area contributed by atoms with Crippen molar-refractivity contribution >= 4 is 39.1 Å². The van der Waals surface area contributed by atoms with Gasteiger partial charge in [0.25, 0.3) is 5.91 Å². The second-order valence-corrected chi connectivity index (χ2v) is 7.29. The van der Waals surface area contributed by atoms with Gasteiger partial charge in [0.1, 0.15) is 11.5 Å². The molecule has 3 rings (SSSR count). The summed E-state index contributed by atoms with van der Waals surface area (Å²) in [5.41, 5.74) is 1.05. The summed E-state index contributed by atoms with van der Waals surface area (Å²) in [7, 11) is 0. The standard InChI is InChI=1S/C20H21ClN2O3S/c1-3-11-23-17-10-9-16(25-4-2)12-18(17)27-20(23)22-19(24)13-26-15-7-5-14(21)6-8-15/h5-10,12H,3-4,11,13H2,1-2H3. The lowest BCUT2D eigenvalue weighted by atomic mass is 10.3. The first kappa shape index (κ1) is 19.5. The highest BCUT2D eigenvalue weighted by Gasteiger charge is 2.09. The van der Waals surface area contributed by atoms with Crippen LogP contribution in [0.2, 0.25) is 5.02 Å². The first-order valence-corrected chi connectivity index (χ1v) is 10.0. The Morgan fingerprint density at radius 1 is 1.11 bits per heavy atom. The number of ether oxygens (including phenoxy) is 2. The molecule has 0 unspecified atom stereocenters. The molecule has 0 saturated carbocycles. The molecular weight excluding hydrogens is 384 g/mol. The van der Waals surface area contributed by atoms with E-state index in [1.54, 1.807) is 24.3 Å². The van der Waals surface area contributed by atoms with Crippen molar-refractivity contribution in [1.82, 2.24) is 4.57 Å². The van der Waals surface area contributed by atoms with Gasteiger partial charge in [-0.3, -0.25) is 4.79 Å². The second kappa shape index (κ2) is 9.06. The quantitative estimate of drug-likeness (QED) is 0.575. The highest BCUT2D eigenvalue weighted by molar-refractivity contribution is 7.16. The number of benzene rings is 2. The summed E-state index contributed by atoms with van der Waals surface area (Å²) in [5, 5.41) is 0.621. The van der Waals surface area contributed by atoms with E-state index in [2.05, 4.69) is 16.5 Å². The van der Waals surface area contributed by atoms with Gasteiger partial charge in [0.2, 0.25) is 0 Å². The summed E-state index contributed by atoms with van der Waals surface area (Å²) >= 11 is 7.33. The van der Waals surface area contributed by atoms with Crippen LogP contribution in [-0.2, 0) is 11.3 Å². The number of carbonyl (C=O) groups excluding carboxylic acids is 1. The topological polar surface area (TPSA) is 52.8 Å². The van der Waals surface area contributed by atoms with Crippen molar-refractivity contribution in [1.29, 1.82) is 0 Å². The lowest BCUT2D eigenvalue weighted by Gasteiger charge is -2.05. The Bertz CT molecular complexity index is 993. The number of thiazole rings is 1. The van der Waals surface area contributed by atoms with Gasteiger partial charge in [-0.2, -0.15) is 4.99 Å². The Morgan fingerprint density at radius 2 is 1.85 bits per heavy atom. The van der Waals surface area contributed by atoms with Crippen LogP contribution in [-0.4, -0.2) is 23.7 Å². The minimum atomic E-state index is -0.327. The number of hydrogen-bond acceptors (Lipinski definition) is 4. The van der Waals surface area contributed by atoms with E-state index in [9.17, 15) is 4.79 Å². The second-order valence-electron chi connectivity index (χ2n) is 5.85. The lowest BCUT2D eigenvalue weighted by Crippen LogP contribution is -2.19. The van der Waals surface area contributed by atoms with E-state index in [0.29, 0.717) is 22.2 Å². The molecule has 0 atom stereocenters. The van der Waals surface area contributed by atoms with Crippen molar-refractivity contribution in [2.45, 2.75) is 26.8 Å². The van der Waals surface area contributed by atoms with Crippen LogP contribution in [0.25, 0.3) is 10.2 Å². The molecule has 142 valence electrons. The van der Waals surface area contributed by atoms with Crippen LogP contribution in [0.15, 0.2) is 47.5 Å². The van der Waals surface area contributed by atoms with Crippen LogP contribution < -0.4 is 14.3 Å². The third-order valence-electron chi connectivity index (χ3n) is 3.81. The normalized spacial score (nSPS) is 11.7. The number of carbonyl (C=O) groups is 1. The molecule has 1 amide bonds. The fourth-order valence-corrected chi connectivity index (χ4v) is 3.88. The van der Waals surface area contributed by atoms with Gasteiger partial charge in [0.15, 0.2) is 11.4 Å². The SMILES string of the molecule is CCCn1c(=NC(=O)COc2ccc(Cl)cc2)sc2cc(OCC)ccc21. The maximum absolute atomic E-state index is 12.3. The minimum Gasteiger partial charge on any atom is -0.494 e. The third kappa shape index (κ3) is 4.90. The molecule has 2 aromatic carbocycles. The van der Waals surface area contributed by atoms with Crippen LogP contribution in [0.5, 0.6) is 11.5 Å². The molecule has 0 aliphatic carbocycles. The van der Waals surface area contributed by atoms with E-state index < -0.39 is 0 Å². The first-order chi connectivity index (χ1) is 13.1.